The number of pyridine rings is 1. The van der Waals surface area contributed by atoms with Crippen molar-refractivity contribution >= 4 is 23.2 Å². The van der Waals surface area contributed by atoms with E-state index >= 15 is 0 Å². The summed E-state index contributed by atoms with van der Waals surface area (Å²) in [6.45, 7) is 3.08. The predicted octanol–water partition coefficient (Wildman–Crippen LogP) is 3.42. The van der Waals surface area contributed by atoms with Crippen LogP contribution in [-0.2, 0) is 20.7 Å². The number of halogens is 1. The van der Waals surface area contributed by atoms with Crippen LogP contribution in [0, 0.1) is 5.82 Å². The number of benzene rings is 1. The lowest BCUT2D eigenvalue weighted by Crippen LogP contribution is -2.42. The molecule has 0 radical (unpaired) electrons. The van der Waals surface area contributed by atoms with Crippen LogP contribution < -0.4 is 10.2 Å². The molecule has 2 atom stereocenters. The maximum absolute atomic E-state index is 13.0. The topological polar surface area (TPSA) is 71.5 Å². The first-order valence-electron chi connectivity index (χ1n) is 10.0. The number of aromatic nitrogens is 1. The molecule has 2 aromatic rings. The number of hydrogen-bond acceptors (Lipinski definition) is 4. The highest BCUT2D eigenvalue weighted by atomic mass is 19.1. The fraction of sp³-hybridized carbons (Fsp3) is 0.409. The van der Waals surface area contributed by atoms with E-state index in [0.29, 0.717) is 24.5 Å². The Morgan fingerprint density at radius 2 is 2.00 bits per heavy atom. The quantitative estimate of drug-likeness (QED) is 0.858. The van der Waals surface area contributed by atoms with Gasteiger partial charge in [-0.05, 0) is 69.0 Å². The zero-order valence-corrected chi connectivity index (χ0v) is 16.4. The Morgan fingerprint density at radius 3 is 2.72 bits per heavy atom. The van der Waals surface area contributed by atoms with Crippen molar-refractivity contribution in [3.05, 3.63) is 53.6 Å². The lowest BCUT2D eigenvalue weighted by Gasteiger charge is -2.31. The average Bonchev–Trinajstić information content (AvgIpc) is 3.28. The number of amides is 2. The van der Waals surface area contributed by atoms with E-state index in [1.165, 1.54) is 24.3 Å². The van der Waals surface area contributed by atoms with Gasteiger partial charge in [0.2, 0.25) is 5.91 Å². The van der Waals surface area contributed by atoms with Gasteiger partial charge >= 0.3 is 0 Å². The third-order valence-corrected chi connectivity index (χ3v) is 5.48. The maximum Gasteiger partial charge on any atom is 0.256 e. The number of nitrogens with zero attached hydrogens (tertiary/aromatic N) is 2. The fourth-order valence-corrected chi connectivity index (χ4v) is 3.80. The molecule has 6 nitrogen and oxygen atoms in total. The molecule has 7 heteroatoms. The van der Waals surface area contributed by atoms with Gasteiger partial charge in [-0.2, -0.15) is 0 Å². The summed E-state index contributed by atoms with van der Waals surface area (Å²) in [6.07, 6.45) is 2.91. The van der Waals surface area contributed by atoms with Crippen LogP contribution in [-0.4, -0.2) is 36.1 Å². The molecule has 29 heavy (non-hydrogen) atoms. The second-order valence-corrected chi connectivity index (χ2v) is 7.51. The van der Waals surface area contributed by atoms with Crippen molar-refractivity contribution in [2.24, 2.45) is 0 Å². The second kappa shape index (κ2) is 8.29. The molecule has 1 fully saturated rings. The van der Waals surface area contributed by atoms with Gasteiger partial charge in [-0.15, -0.1) is 0 Å². The highest BCUT2D eigenvalue weighted by molar-refractivity contribution is 5.98. The molecule has 0 spiro atoms. The van der Waals surface area contributed by atoms with Crippen molar-refractivity contribution < 1.29 is 18.7 Å². The van der Waals surface area contributed by atoms with Crippen LogP contribution in [0.2, 0.25) is 0 Å². The van der Waals surface area contributed by atoms with Gasteiger partial charge in [-0.1, -0.05) is 0 Å². The molecular weight excluding hydrogens is 373 g/mol. The van der Waals surface area contributed by atoms with Crippen LogP contribution in [0.3, 0.4) is 0 Å². The van der Waals surface area contributed by atoms with E-state index < -0.39 is 5.92 Å². The molecule has 1 aromatic heterocycles. The summed E-state index contributed by atoms with van der Waals surface area (Å²) in [5.41, 5.74) is 2.83. The summed E-state index contributed by atoms with van der Waals surface area (Å²) >= 11 is 0. The van der Waals surface area contributed by atoms with E-state index in [1.54, 1.807) is 17.9 Å². The molecule has 1 saturated heterocycles. The first-order chi connectivity index (χ1) is 14.0. The van der Waals surface area contributed by atoms with Crippen LogP contribution >= 0.6 is 0 Å². The molecule has 4 rings (SSSR count). The summed E-state index contributed by atoms with van der Waals surface area (Å²) < 4.78 is 18.6. The lowest BCUT2D eigenvalue weighted by molar-refractivity contribution is -0.127. The molecule has 2 aliphatic rings. The standard InChI is InChI=1S/C22H24FN3O3/c1-14(21(27)24-16-8-6-15(23)7-9-16)17-10-11-19-18(25-17)4-2-12-26(19)22(28)20-5-3-13-29-20/h6-11,14,20H,2-5,12-13H2,1H3,(H,24,27)/t14?,20-/m0/s1. The molecule has 3 heterocycles. The van der Waals surface area contributed by atoms with E-state index in [1.807, 2.05) is 6.07 Å². The SMILES string of the molecule is CC(C(=O)Nc1ccc(F)cc1)c1ccc2c(n1)CCCN2C(=O)[C@@H]1CCCO1. The number of rotatable bonds is 4. The summed E-state index contributed by atoms with van der Waals surface area (Å²) in [6, 6.07) is 9.33. The van der Waals surface area contributed by atoms with Gasteiger partial charge in [0, 0.05) is 18.8 Å². The van der Waals surface area contributed by atoms with E-state index in [-0.39, 0.29) is 23.7 Å². The number of carbonyl (C=O) groups is 2. The minimum atomic E-state index is -0.477. The number of ether oxygens (including phenoxy) is 1. The normalized spacial score (nSPS) is 19.5. The first-order valence-corrected chi connectivity index (χ1v) is 10.0. The van der Waals surface area contributed by atoms with Crippen molar-refractivity contribution in [2.45, 2.75) is 44.6 Å². The van der Waals surface area contributed by atoms with Crippen molar-refractivity contribution in [1.82, 2.24) is 4.98 Å². The van der Waals surface area contributed by atoms with Crippen LogP contribution in [0.1, 0.15) is 43.5 Å². The molecule has 0 saturated carbocycles. The summed E-state index contributed by atoms with van der Waals surface area (Å²) in [5, 5.41) is 2.78. The molecule has 0 bridgehead atoms. The largest absolute Gasteiger partial charge is 0.368 e. The fourth-order valence-electron chi connectivity index (χ4n) is 3.80. The third-order valence-electron chi connectivity index (χ3n) is 5.48. The smallest absolute Gasteiger partial charge is 0.256 e. The maximum atomic E-state index is 13.0. The van der Waals surface area contributed by atoms with Gasteiger partial charge in [0.15, 0.2) is 0 Å². The lowest BCUT2D eigenvalue weighted by atomic mass is 10.0. The monoisotopic (exact) mass is 397 g/mol. The Balaban J connectivity index is 1.50. The number of fused-ring (bicyclic) bond motifs is 1. The Bertz CT molecular complexity index is 910. The Kier molecular flexibility index (Phi) is 5.58. The summed E-state index contributed by atoms with van der Waals surface area (Å²) in [4.78, 5) is 31.9. The van der Waals surface area contributed by atoms with Crippen molar-refractivity contribution in [3.8, 4) is 0 Å². The van der Waals surface area contributed by atoms with Crippen molar-refractivity contribution in [2.75, 3.05) is 23.4 Å². The summed E-state index contributed by atoms with van der Waals surface area (Å²) in [5.74, 6) is -1.05. The van der Waals surface area contributed by atoms with Crippen LogP contribution in [0.5, 0.6) is 0 Å². The third kappa shape index (κ3) is 4.15. The number of anilines is 2. The first kappa shape index (κ1) is 19.5. The highest BCUT2D eigenvalue weighted by Gasteiger charge is 2.32. The number of carbonyl (C=O) groups excluding carboxylic acids is 2. The van der Waals surface area contributed by atoms with Crippen molar-refractivity contribution in [1.29, 1.82) is 0 Å². The minimum Gasteiger partial charge on any atom is -0.368 e. The van der Waals surface area contributed by atoms with Crippen LogP contribution in [0.15, 0.2) is 36.4 Å². The minimum absolute atomic E-state index is 0.0000938. The van der Waals surface area contributed by atoms with Crippen LogP contribution in [0.4, 0.5) is 15.8 Å². The zero-order valence-electron chi connectivity index (χ0n) is 16.4. The zero-order chi connectivity index (χ0) is 20.4. The molecule has 2 aliphatic heterocycles. The summed E-state index contributed by atoms with van der Waals surface area (Å²) in [7, 11) is 0. The van der Waals surface area contributed by atoms with Gasteiger partial charge in [0.25, 0.3) is 5.91 Å². The number of aryl methyl sites for hydroxylation is 1. The van der Waals surface area contributed by atoms with E-state index in [9.17, 15) is 14.0 Å². The van der Waals surface area contributed by atoms with Crippen molar-refractivity contribution in [3.63, 3.8) is 0 Å². The highest BCUT2D eigenvalue weighted by Crippen LogP contribution is 2.30. The Labute approximate surface area is 169 Å². The van der Waals surface area contributed by atoms with Gasteiger partial charge in [0.1, 0.15) is 11.9 Å². The average molecular weight is 397 g/mol. The van der Waals surface area contributed by atoms with Gasteiger partial charge in [-0.3, -0.25) is 14.6 Å². The van der Waals surface area contributed by atoms with Gasteiger partial charge < -0.3 is 15.0 Å². The molecule has 1 aromatic carbocycles. The van der Waals surface area contributed by atoms with E-state index in [2.05, 4.69) is 5.32 Å². The molecule has 1 N–H and O–H groups in total. The second-order valence-electron chi connectivity index (χ2n) is 7.51. The molecule has 0 aliphatic carbocycles. The Hall–Kier alpha value is -2.80. The van der Waals surface area contributed by atoms with Crippen LogP contribution in [0.25, 0.3) is 0 Å². The number of hydrogen-bond donors (Lipinski definition) is 1. The van der Waals surface area contributed by atoms with Gasteiger partial charge in [-0.25, -0.2) is 4.39 Å². The van der Waals surface area contributed by atoms with E-state index in [0.717, 1.165) is 37.1 Å². The van der Waals surface area contributed by atoms with E-state index in [4.69, 9.17) is 9.72 Å². The molecule has 2 amide bonds. The molecular formula is C22H24FN3O3. The Morgan fingerprint density at radius 1 is 1.21 bits per heavy atom. The van der Waals surface area contributed by atoms with Gasteiger partial charge in [0.05, 0.1) is 23.0 Å². The molecule has 1 unspecified atom stereocenters. The number of nitrogens with one attached hydrogen (secondary N) is 1. The molecule has 152 valence electrons. The predicted molar refractivity (Wildman–Crippen MR) is 107 cm³/mol.